The lowest BCUT2D eigenvalue weighted by molar-refractivity contribution is -0.134. The molecule has 0 radical (unpaired) electrons. The monoisotopic (exact) mass is 293 g/mol. The molecule has 0 aliphatic carbocycles. The molecule has 19 heavy (non-hydrogen) atoms. The summed E-state index contributed by atoms with van der Waals surface area (Å²) in [4.78, 5) is 22.3. The zero-order valence-electron chi connectivity index (χ0n) is 10.5. The Kier molecular flexibility index (Phi) is 5.70. The van der Waals surface area contributed by atoms with Gasteiger partial charge in [0.05, 0.1) is 5.92 Å². The van der Waals surface area contributed by atoms with E-state index in [1.54, 1.807) is 0 Å². The molecule has 1 unspecified atom stereocenters. The van der Waals surface area contributed by atoms with Crippen LogP contribution in [0, 0.1) is 5.92 Å². The van der Waals surface area contributed by atoms with E-state index in [1.165, 1.54) is 0 Å². The van der Waals surface area contributed by atoms with E-state index in [0.29, 0.717) is 25.9 Å². The minimum atomic E-state index is -3.84. The smallest absolute Gasteiger partial charge is 0.320 e. The number of piperidine rings is 1. The van der Waals surface area contributed by atoms with Crippen molar-refractivity contribution in [2.45, 2.75) is 12.8 Å². The molecule has 1 saturated heterocycles. The van der Waals surface area contributed by atoms with Crippen LogP contribution in [0.4, 0.5) is 0 Å². The van der Waals surface area contributed by atoms with Crippen molar-refractivity contribution in [2.24, 2.45) is 11.7 Å². The van der Waals surface area contributed by atoms with Gasteiger partial charge < -0.3 is 16.2 Å². The molecule has 1 heterocycles. The predicted molar refractivity (Wildman–Crippen MR) is 67.8 cm³/mol. The molecule has 4 N–H and O–H groups in total. The standard InChI is InChI=1S/C10H19N3O5S/c11-3-4-12-10(16)8-2-1-5-13(6-8)19(17,18)7-9(14)15/h8H,1-7,11H2,(H,12,16)(H,14,15). The van der Waals surface area contributed by atoms with Crippen molar-refractivity contribution in [3.8, 4) is 0 Å². The second-order valence-electron chi connectivity index (χ2n) is 4.43. The van der Waals surface area contributed by atoms with Crippen molar-refractivity contribution < 1.29 is 23.1 Å². The number of nitrogens with one attached hydrogen (secondary N) is 1. The van der Waals surface area contributed by atoms with Crippen molar-refractivity contribution in [2.75, 3.05) is 31.9 Å². The van der Waals surface area contributed by atoms with Gasteiger partial charge in [-0.3, -0.25) is 9.59 Å². The summed E-state index contributed by atoms with van der Waals surface area (Å²) in [6.45, 7) is 0.957. The Morgan fingerprint density at radius 3 is 2.68 bits per heavy atom. The Hall–Kier alpha value is -1.19. The molecule has 0 aromatic heterocycles. The largest absolute Gasteiger partial charge is 0.480 e. The van der Waals surface area contributed by atoms with Crippen LogP contribution in [-0.4, -0.2) is 61.6 Å². The maximum atomic E-state index is 11.8. The SMILES string of the molecule is NCCNC(=O)C1CCCN(S(=O)(=O)CC(=O)O)C1. The quantitative estimate of drug-likeness (QED) is 0.529. The first-order valence-corrected chi connectivity index (χ1v) is 7.65. The number of carboxylic acid groups (broad SMARTS) is 1. The van der Waals surface area contributed by atoms with E-state index >= 15 is 0 Å². The van der Waals surface area contributed by atoms with Crippen LogP contribution in [0.1, 0.15) is 12.8 Å². The van der Waals surface area contributed by atoms with Gasteiger partial charge in [0.15, 0.2) is 5.75 Å². The first kappa shape index (κ1) is 15.9. The van der Waals surface area contributed by atoms with Crippen molar-refractivity contribution in [1.82, 2.24) is 9.62 Å². The number of carboxylic acids is 1. The number of carbonyl (C=O) groups is 2. The van der Waals surface area contributed by atoms with E-state index in [0.717, 1.165) is 4.31 Å². The zero-order chi connectivity index (χ0) is 14.5. The minimum absolute atomic E-state index is 0.0337. The Bertz CT molecular complexity index is 436. The molecule has 0 spiro atoms. The van der Waals surface area contributed by atoms with Crippen molar-refractivity contribution in [3.05, 3.63) is 0 Å². The van der Waals surface area contributed by atoms with Crippen LogP contribution in [0.5, 0.6) is 0 Å². The van der Waals surface area contributed by atoms with Gasteiger partial charge in [-0.15, -0.1) is 0 Å². The van der Waals surface area contributed by atoms with Gasteiger partial charge in [-0.25, -0.2) is 12.7 Å². The molecule has 0 aromatic carbocycles. The molecule has 1 fully saturated rings. The number of rotatable bonds is 6. The lowest BCUT2D eigenvalue weighted by atomic mass is 9.99. The molecule has 1 atom stereocenters. The summed E-state index contributed by atoms with van der Waals surface area (Å²) in [6.07, 6.45) is 1.13. The molecule has 0 bridgehead atoms. The second-order valence-corrected chi connectivity index (χ2v) is 6.40. The van der Waals surface area contributed by atoms with Gasteiger partial charge in [0, 0.05) is 26.2 Å². The highest BCUT2D eigenvalue weighted by Gasteiger charge is 2.33. The summed E-state index contributed by atoms with van der Waals surface area (Å²) in [6, 6.07) is 0. The molecular formula is C10H19N3O5S. The summed E-state index contributed by atoms with van der Waals surface area (Å²) >= 11 is 0. The fourth-order valence-electron chi connectivity index (χ4n) is 2.00. The molecule has 1 rings (SSSR count). The van der Waals surface area contributed by atoms with Crippen LogP contribution in [0.2, 0.25) is 0 Å². The summed E-state index contributed by atoms with van der Waals surface area (Å²) < 4.78 is 24.6. The fourth-order valence-corrected chi connectivity index (χ4v) is 3.31. The number of amides is 1. The first-order valence-electron chi connectivity index (χ1n) is 6.04. The molecular weight excluding hydrogens is 274 g/mol. The highest BCUT2D eigenvalue weighted by Crippen LogP contribution is 2.19. The van der Waals surface area contributed by atoms with E-state index in [9.17, 15) is 18.0 Å². The molecule has 8 nitrogen and oxygen atoms in total. The zero-order valence-corrected chi connectivity index (χ0v) is 11.4. The second kappa shape index (κ2) is 6.83. The number of nitrogens with two attached hydrogens (primary N) is 1. The summed E-state index contributed by atoms with van der Waals surface area (Å²) in [5, 5.41) is 11.2. The molecule has 9 heteroatoms. The highest BCUT2D eigenvalue weighted by molar-refractivity contribution is 7.89. The third kappa shape index (κ3) is 4.77. The van der Waals surface area contributed by atoms with E-state index in [1.807, 2.05) is 0 Å². The van der Waals surface area contributed by atoms with E-state index < -0.39 is 27.7 Å². The maximum absolute atomic E-state index is 11.8. The van der Waals surface area contributed by atoms with Gasteiger partial charge in [0.1, 0.15) is 0 Å². The predicted octanol–water partition coefficient (Wildman–Crippen LogP) is -1.81. The summed E-state index contributed by atoms with van der Waals surface area (Å²) in [5.74, 6) is -3.01. The van der Waals surface area contributed by atoms with Gasteiger partial charge in [-0.2, -0.15) is 0 Å². The van der Waals surface area contributed by atoms with Gasteiger partial charge in [0.2, 0.25) is 15.9 Å². The first-order chi connectivity index (χ1) is 8.86. The van der Waals surface area contributed by atoms with Gasteiger partial charge in [-0.1, -0.05) is 0 Å². The van der Waals surface area contributed by atoms with Crippen LogP contribution >= 0.6 is 0 Å². The molecule has 1 aliphatic rings. The van der Waals surface area contributed by atoms with Crippen LogP contribution in [0.3, 0.4) is 0 Å². The minimum Gasteiger partial charge on any atom is -0.480 e. The number of hydrogen-bond acceptors (Lipinski definition) is 5. The Morgan fingerprint density at radius 2 is 2.11 bits per heavy atom. The molecule has 1 aliphatic heterocycles. The van der Waals surface area contributed by atoms with E-state index in [2.05, 4.69) is 5.32 Å². The number of aliphatic carboxylic acids is 1. The van der Waals surface area contributed by atoms with Crippen LogP contribution in [0.15, 0.2) is 0 Å². The molecule has 1 amide bonds. The Labute approximate surface area is 112 Å². The third-order valence-electron chi connectivity index (χ3n) is 2.90. The lowest BCUT2D eigenvalue weighted by Crippen LogP contribution is -2.47. The van der Waals surface area contributed by atoms with Crippen molar-refractivity contribution in [3.63, 3.8) is 0 Å². The topological polar surface area (TPSA) is 130 Å². The summed E-state index contributed by atoms with van der Waals surface area (Å²) in [5.41, 5.74) is 5.27. The van der Waals surface area contributed by atoms with Gasteiger partial charge in [-0.05, 0) is 12.8 Å². The van der Waals surface area contributed by atoms with Gasteiger partial charge >= 0.3 is 5.97 Å². The van der Waals surface area contributed by atoms with Crippen molar-refractivity contribution >= 4 is 21.9 Å². The van der Waals surface area contributed by atoms with Crippen molar-refractivity contribution in [1.29, 1.82) is 0 Å². The molecule has 0 aromatic rings. The Morgan fingerprint density at radius 1 is 1.42 bits per heavy atom. The highest BCUT2D eigenvalue weighted by atomic mass is 32.2. The Balaban J connectivity index is 2.64. The number of sulfonamides is 1. The molecule has 110 valence electrons. The number of hydrogen-bond donors (Lipinski definition) is 3. The summed E-state index contributed by atoms with van der Waals surface area (Å²) in [7, 11) is -3.84. The fraction of sp³-hybridized carbons (Fsp3) is 0.800. The average Bonchev–Trinajstić information content (AvgIpc) is 2.34. The maximum Gasteiger partial charge on any atom is 0.320 e. The number of carbonyl (C=O) groups excluding carboxylic acids is 1. The van der Waals surface area contributed by atoms with Crippen LogP contribution in [0.25, 0.3) is 0 Å². The number of nitrogens with zero attached hydrogens (tertiary/aromatic N) is 1. The van der Waals surface area contributed by atoms with Crippen LogP contribution < -0.4 is 11.1 Å². The van der Waals surface area contributed by atoms with Gasteiger partial charge in [0.25, 0.3) is 0 Å². The van der Waals surface area contributed by atoms with E-state index in [-0.39, 0.29) is 19.0 Å². The van der Waals surface area contributed by atoms with E-state index in [4.69, 9.17) is 10.8 Å². The lowest BCUT2D eigenvalue weighted by Gasteiger charge is -2.30. The van der Waals surface area contributed by atoms with Crippen LogP contribution in [-0.2, 0) is 19.6 Å². The average molecular weight is 293 g/mol. The molecule has 0 saturated carbocycles. The normalized spacial score (nSPS) is 21.0. The third-order valence-corrected chi connectivity index (χ3v) is 4.63.